The Morgan fingerprint density at radius 3 is 3.17 bits per heavy atom. The molecule has 18 heavy (non-hydrogen) atoms. The van der Waals surface area contributed by atoms with Crippen LogP contribution in [0.5, 0.6) is 0 Å². The van der Waals surface area contributed by atoms with Gasteiger partial charge in [-0.1, -0.05) is 11.6 Å². The fourth-order valence-electron chi connectivity index (χ4n) is 2.31. The topological polar surface area (TPSA) is 80.0 Å². The van der Waals surface area contributed by atoms with Crippen molar-refractivity contribution < 1.29 is 9.90 Å². The molecule has 2 rings (SSSR count). The Bertz CT molecular complexity index is 410. The van der Waals surface area contributed by atoms with Gasteiger partial charge < -0.3 is 10.4 Å². The minimum Gasteiger partial charge on any atom is -0.476 e. The maximum Gasteiger partial charge on any atom is 0.358 e. The van der Waals surface area contributed by atoms with E-state index in [2.05, 4.69) is 21.9 Å². The minimum absolute atomic E-state index is 0.00198. The molecule has 0 spiro atoms. The van der Waals surface area contributed by atoms with Crippen molar-refractivity contribution >= 4 is 17.7 Å². The smallest absolute Gasteiger partial charge is 0.358 e. The van der Waals surface area contributed by atoms with Crippen LogP contribution in [0.3, 0.4) is 0 Å². The van der Waals surface area contributed by atoms with Crippen LogP contribution in [0.1, 0.15) is 29.8 Å². The van der Waals surface area contributed by atoms with E-state index < -0.39 is 5.97 Å². The maximum atomic E-state index is 10.6. The first-order valence-electron chi connectivity index (χ1n) is 6.10. The van der Waals surface area contributed by atoms with Gasteiger partial charge >= 0.3 is 5.97 Å². The van der Waals surface area contributed by atoms with Crippen LogP contribution in [0.25, 0.3) is 0 Å². The number of aromatic nitrogens is 3. The third kappa shape index (κ3) is 3.23. The van der Waals surface area contributed by atoms with Crippen LogP contribution < -0.4 is 5.32 Å². The third-order valence-corrected chi connectivity index (χ3v) is 4.43. The van der Waals surface area contributed by atoms with Gasteiger partial charge in [0.1, 0.15) is 0 Å². The zero-order valence-corrected chi connectivity index (χ0v) is 11.2. The number of hydrogen-bond acceptors (Lipinski definition) is 5. The van der Waals surface area contributed by atoms with E-state index in [0.29, 0.717) is 17.8 Å². The Morgan fingerprint density at radius 1 is 1.67 bits per heavy atom. The maximum absolute atomic E-state index is 10.6. The lowest BCUT2D eigenvalue weighted by Crippen LogP contribution is -2.36. The zero-order valence-electron chi connectivity index (χ0n) is 10.4. The summed E-state index contributed by atoms with van der Waals surface area (Å²) in [4.78, 5) is 10.6. The van der Waals surface area contributed by atoms with Gasteiger partial charge in [0.25, 0.3) is 0 Å². The molecule has 0 bridgehead atoms. The highest BCUT2D eigenvalue weighted by atomic mass is 32.2. The molecule has 2 unspecified atom stereocenters. The van der Waals surface area contributed by atoms with Gasteiger partial charge in [-0.15, -0.1) is 5.10 Å². The Kier molecular flexibility index (Phi) is 4.60. The predicted octanol–water partition coefficient (Wildman–Crippen LogP) is 0.850. The monoisotopic (exact) mass is 270 g/mol. The Labute approximate surface area is 110 Å². The molecule has 1 heterocycles. The van der Waals surface area contributed by atoms with Gasteiger partial charge in [-0.2, -0.15) is 11.8 Å². The number of rotatable bonds is 6. The number of nitrogens with one attached hydrogen (secondary N) is 1. The number of hydrogen-bond donors (Lipinski definition) is 2. The Hall–Kier alpha value is -1.08. The summed E-state index contributed by atoms with van der Waals surface area (Å²) in [5.41, 5.74) is -0.00198. The van der Waals surface area contributed by atoms with Crippen LogP contribution in [0.4, 0.5) is 0 Å². The second kappa shape index (κ2) is 6.19. The van der Waals surface area contributed by atoms with Gasteiger partial charge in [-0.3, -0.25) is 4.68 Å². The van der Waals surface area contributed by atoms with Crippen LogP contribution in [0, 0.1) is 0 Å². The van der Waals surface area contributed by atoms with Crippen molar-refractivity contribution in [3.63, 3.8) is 0 Å². The van der Waals surface area contributed by atoms with E-state index in [4.69, 9.17) is 5.11 Å². The zero-order chi connectivity index (χ0) is 13.0. The number of aromatic carboxylic acids is 1. The molecule has 1 aromatic heterocycles. The summed E-state index contributed by atoms with van der Waals surface area (Å²) in [6.45, 7) is 1.45. The van der Waals surface area contributed by atoms with Gasteiger partial charge in [0, 0.05) is 17.8 Å². The normalized spacial score (nSPS) is 23.4. The molecule has 0 amide bonds. The predicted molar refractivity (Wildman–Crippen MR) is 69.9 cm³/mol. The molecule has 0 aliphatic heterocycles. The Morgan fingerprint density at radius 2 is 2.50 bits per heavy atom. The number of carboxylic acids is 1. The third-order valence-electron chi connectivity index (χ3n) is 3.26. The van der Waals surface area contributed by atoms with Gasteiger partial charge in [0.2, 0.25) is 0 Å². The number of nitrogens with zero attached hydrogens (tertiary/aromatic N) is 3. The molecule has 0 radical (unpaired) electrons. The molecule has 1 aliphatic carbocycles. The van der Waals surface area contributed by atoms with Crippen LogP contribution in [-0.2, 0) is 6.54 Å². The van der Waals surface area contributed by atoms with Crippen LogP contribution in [-0.4, -0.2) is 50.2 Å². The molecule has 0 aromatic carbocycles. The van der Waals surface area contributed by atoms with Crippen molar-refractivity contribution in [3.05, 3.63) is 11.9 Å². The fourth-order valence-corrected chi connectivity index (χ4v) is 3.28. The Balaban J connectivity index is 1.76. The summed E-state index contributed by atoms with van der Waals surface area (Å²) in [5.74, 6) is -1.03. The summed E-state index contributed by atoms with van der Waals surface area (Å²) in [7, 11) is 0. The lowest BCUT2D eigenvalue weighted by atomic mass is 10.2. The highest BCUT2D eigenvalue weighted by Crippen LogP contribution is 2.28. The van der Waals surface area contributed by atoms with E-state index in [1.165, 1.54) is 25.5 Å². The molecule has 1 saturated carbocycles. The number of carbonyl (C=O) groups is 1. The van der Waals surface area contributed by atoms with Crippen molar-refractivity contribution in [1.82, 2.24) is 20.3 Å². The van der Waals surface area contributed by atoms with Gasteiger partial charge in [0.05, 0.1) is 12.7 Å². The minimum atomic E-state index is -1.03. The molecule has 100 valence electrons. The van der Waals surface area contributed by atoms with E-state index in [9.17, 15) is 4.79 Å². The molecule has 1 aliphatic rings. The summed E-state index contributed by atoms with van der Waals surface area (Å²) < 4.78 is 1.57. The fraction of sp³-hybridized carbons (Fsp3) is 0.727. The standard InChI is InChI=1S/C11H18N4O2S/c1-18-10-4-2-3-8(10)12-5-6-15-7-9(11(16)17)13-14-15/h7-8,10,12H,2-6H2,1H3,(H,16,17). The van der Waals surface area contributed by atoms with E-state index in [0.717, 1.165) is 6.54 Å². The summed E-state index contributed by atoms with van der Waals surface area (Å²) in [6.07, 6.45) is 7.41. The highest BCUT2D eigenvalue weighted by molar-refractivity contribution is 7.99. The molecular weight excluding hydrogens is 252 g/mol. The average molecular weight is 270 g/mol. The van der Waals surface area contributed by atoms with Crippen molar-refractivity contribution in [2.75, 3.05) is 12.8 Å². The number of thioether (sulfide) groups is 1. The van der Waals surface area contributed by atoms with Crippen LogP contribution in [0.15, 0.2) is 6.20 Å². The summed E-state index contributed by atoms with van der Waals surface area (Å²) in [5, 5.41) is 20.3. The molecule has 1 aromatic rings. The van der Waals surface area contributed by atoms with Crippen molar-refractivity contribution in [2.45, 2.75) is 37.1 Å². The summed E-state index contributed by atoms with van der Waals surface area (Å²) in [6, 6.07) is 0.572. The summed E-state index contributed by atoms with van der Waals surface area (Å²) >= 11 is 1.92. The van der Waals surface area contributed by atoms with E-state index in [-0.39, 0.29) is 5.69 Å². The lowest BCUT2D eigenvalue weighted by molar-refractivity contribution is 0.0690. The molecule has 2 N–H and O–H groups in total. The van der Waals surface area contributed by atoms with Crippen molar-refractivity contribution in [2.24, 2.45) is 0 Å². The molecular formula is C11H18N4O2S. The van der Waals surface area contributed by atoms with Gasteiger partial charge in [-0.05, 0) is 19.1 Å². The van der Waals surface area contributed by atoms with E-state index >= 15 is 0 Å². The van der Waals surface area contributed by atoms with Gasteiger partial charge in [-0.25, -0.2) is 4.79 Å². The SMILES string of the molecule is CSC1CCCC1NCCn1cc(C(=O)O)nn1. The van der Waals surface area contributed by atoms with Crippen LogP contribution in [0.2, 0.25) is 0 Å². The first-order chi connectivity index (χ1) is 8.70. The quantitative estimate of drug-likeness (QED) is 0.797. The highest BCUT2D eigenvalue weighted by Gasteiger charge is 2.25. The van der Waals surface area contributed by atoms with E-state index in [1.807, 2.05) is 11.8 Å². The average Bonchev–Trinajstić information content (AvgIpc) is 2.97. The van der Waals surface area contributed by atoms with Crippen molar-refractivity contribution in [1.29, 1.82) is 0 Å². The molecule has 0 saturated heterocycles. The largest absolute Gasteiger partial charge is 0.476 e. The van der Waals surface area contributed by atoms with Crippen molar-refractivity contribution in [3.8, 4) is 0 Å². The van der Waals surface area contributed by atoms with Gasteiger partial charge in [0.15, 0.2) is 5.69 Å². The molecule has 7 heteroatoms. The molecule has 1 fully saturated rings. The first-order valence-corrected chi connectivity index (χ1v) is 7.39. The molecule has 6 nitrogen and oxygen atoms in total. The second-order valence-electron chi connectivity index (χ2n) is 4.44. The second-order valence-corrected chi connectivity index (χ2v) is 5.51. The van der Waals surface area contributed by atoms with Crippen LogP contribution >= 0.6 is 11.8 Å². The first kappa shape index (κ1) is 13.4. The number of carboxylic acid groups (broad SMARTS) is 1. The van der Waals surface area contributed by atoms with E-state index in [1.54, 1.807) is 4.68 Å². The molecule has 2 atom stereocenters. The lowest BCUT2D eigenvalue weighted by Gasteiger charge is -2.18.